The minimum absolute atomic E-state index is 0.0283. The van der Waals surface area contributed by atoms with Crippen LogP contribution in [0.3, 0.4) is 0 Å². The van der Waals surface area contributed by atoms with Gasteiger partial charge in [-0.1, -0.05) is 91.0 Å². The second kappa shape index (κ2) is 20.2. The van der Waals surface area contributed by atoms with Crippen molar-refractivity contribution in [1.82, 2.24) is 4.90 Å². The molecule has 2 fully saturated rings. The van der Waals surface area contributed by atoms with Crippen LogP contribution in [-0.4, -0.2) is 122 Å². The molecule has 0 aliphatic carbocycles. The quantitative estimate of drug-likeness (QED) is 0.175. The van der Waals surface area contributed by atoms with Gasteiger partial charge in [-0.05, 0) is 51.5 Å². The zero-order valence-corrected chi connectivity index (χ0v) is 33.3. The normalized spacial score (nSPS) is 28.2. The summed E-state index contributed by atoms with van der Waals surface area (Å²) in [6, 6.07) is 27.8. The Kier molecular flexibility index (Phi) is 15.1. The largest absolute Gasteiger partial charge is 0.447 e. The number of halogens is 1. The number of imide groups is 1. The fourth-order valence-electron chi connectivity index (χ4n) is 7.14. The molecule has 306 valence electrons. The highest BCUT2D eigenvalue weighted by atomic mass is 79.9. The van der Waals surface area contributed by atoms with E-state index in [1.54, 1.807) is 0 Å². The number of ketones is 1. The van der Waals surface area contributed by atoms with E-state index in [9.17, 15) is 24.6 Å². The molecule has 3 aromatic carbocycles. The van der Waals surface area contributed by atoms with E-state index < -0.39 is 72.5 Å². The predicted molar refractivity (Wildman–Crippen MR) is 207 cm³/mol. The van der Waals surface area contributed by atoms with Gasteiger partial charge in [-0.25, -0.2) is 9.69 Å². The summed E-state index contributed by atoms with van der Waals surface area (Å²) in [6.07, 6.45) is -6.54. The lowest BCUT2D eigenvalue weighted by molar-refractivity contribution is -0.320. The van der Waals surface area contributed by atoms with E-state index in [-0.39, 0.29) is 50.4 Å². The van der Waals surface area contributed by atoms with E-state index >= 15 is 0 Å². The Bertz CT molecular complexity index is 1800. The van der Waals surface area contributed by atoms with Crippen LogP contribution < -0.4 is 0 Å². The highest BCUT2D eigenvalue weighted by molar-refractivity contribution is 9.11. The van der Waals surface area contributed by atoms with Crippen LogP contribution >= 0.6 is 15.9 Å². The molecular weight excluding hydrogens is 806 g/mol. The molecule has 3 heterocycles. The average molecular weight is 855 g/mol. The molecule has 15 heteroatoms. The molecule has 3 aliphatic heterocycles. The number of aliphatic hydroxyl groups is 2. The maximum absolute atomic E-state index is 13.9. The molecule has 2 amide bonds. The number of hydrogen-bond donors (Lipinski definition) is 2. The van der Waals surface area contributed by atoms with Crippen molar-refractivity contribution in [3.63, 3.8) is 0 Å². The van der Waals surface area contributed by atoms with Gasteiger partial charge in [-0.3, -0.25) is 9.59 Å². The first kappa shape index (κ1) is 42.7. The van der Waals surface area contributed by atoms with Gasteiger partial charge >= 0.3 is 6.09 Å². The van der Waals surface area contributed by atoms with Gasteiger partial charge in [0.1, 0.15) is 31.0 Å². The minimum Gasteiger partial charge on any atom is -0.447 e. The molecule has 2 saturated heterocycles. The van der Waals surface area contributed by atoms with Crippen molar-refractivity contribution in [3.8, 4) is 0 Å². The van der Waals surface area contributed by atoms with Crippen molar-refractivity contribution in [2.75, 3.05) is 34.0 Å². The first-order valence-corrected chi connectivity index (χ1v) is 19.5. The average Bonchev–Trinajstić information content (AvgIpc) is 3.60. The number of methoxy groups -OCH3 is 2. The topological polar surface area (TPSA) is 169 Å². The molecule has 2 N–H and O–H groups in total. The Hall–Kier alpha value is -3.87. The second-order valence-electron chi connectivity index (χ2n) is 13.9. The Morgan fingerprint density at radius 1 is 0.877 bits per heavy atom. The zero-order chi connectivity index (χ0) is 40.4. The van der Waals surface area contributed by atoms with Crippen LogP contribution in [0.4, 0.5) is 4.79 Å². The number of carbonyl (C=O) groups excluding carboxylic acids is 3. The van der Waals surface area contributed by atoms with Crippen molar-refractivity contribution in [3.05, 3.63) is 118 Å². The molecule has 6 rings (SSSR count). The van der Waals surface area contributed by atoms with Gasteiger partial charge < -0.3 is 48.1 Å². The van der Waals surface area contributed by atoms with E-state index in [4.69, 9.17) is 37.9 Å². The summed E-state index contributed by atoms with van der Waals surface area (Å²) in [7, 11) is 2.69. The summed E-state index contributed by atoms with van der Waals surface area (Å²) in [5.41, 5.74) is 2.72. The maximum Gasteiger partial charge on any atom is 0.417 e. The van der Waals surface area contributed by atoms with Crippen molar-refractivity contribution < 1.29 is 62.5 Å². The fraction of sp³-hybridized carbons (Fsp3) is 0.452. The van der Waals surface area contributed by atoms with E-state index in [0.717, 1.165) is 27.7 Å². The van der Waals surface area contributed by atoms with Crippen LogP contribution in [-0.2, 0) is 67.1 Å². The number of benzene rings is 3. The van der Waals surface area contributed by atoms with Crippen LogP contribution in [0.25, 0.3) is 0 Å². The van der Waals surface area contributed by atoms with Gasteiger partial charge in [0.25, 0.3) is 5.91 Å². The number of nitrogens with zero attached hydrogens (tertiary/aromatic N) is 1. The molecule has 9 atom stereocenters. The third-order valence-electron chi connectivity index (χ3n) is 10.1. The van der Waals surface area contributed by atoms with E-state index in [0.29, 0.717) is 6.42 Å². The summed E-state index contributed by atoms with van der Waals surface area (Å²) in [5.74, 6) is -3.54. The number of hydrogen-bond acceptors (Lipinski definition) is 13. The van der Waals surface area contributed by atoms with Gasteiger partial charge in [-0.2, -0.15) is 0 Å². The Balaban J connectivity index is 1.13. The second-order valence-corrected chi connectivity index (χ2v) is 14.8. The van der Waals surface area contributed by atoms with Crippen LogP contribution in [0, 0.1) is 0 Å². The fourth-order valence-corrected chi connectivity index (χ4v) is 7.66. The molecule has 0 spiro atoms. The number of cyclic esters (lactones) is 1. The Labute approximate surface area is 339 Å². The molecule has 0 bridgehead atoms. The smallest absolute Gasteiger partial charge is 0.417 e. The van der Waals surface area contributed by atoms with Gasteiger partial charge in [0.15, 0.2) is 30.1 Å². The molecule has 57 heavy (non-hydrogen) atoms. The van der Waals surface area contributed by atoms with Gasteiger partial charge in [0.2, 0.25) is 0 Å². The summed E-state index contributed by atoms with van der Waals surface area (Å²) >= 11 is 3.28. The van der Waals surface area contributed by atoms with Crippen molar-refractivity contribution in [2.24, 2.45) is 0 Å². The summed E-state index contributed by atoms with van der Waals surface area (Å²) in [5, 5.41) is 22.1. The first-order chi connectivity index (χ1) is 27.6. The van der Waals surface area contributed by atoms with E-state index in [1.165, 1.54) is 14.2 Å². The van der Waals surface area contributed by atoms with Crippen molar-refractivity contribution >= 4 is 33.7 Å². The summed E-state index contributed by atoms with van der Waals surface area (Å²) in [6.45, 7) is 0.0851. The highest BCUT2D eigenvalue weighted by Gasteiger charge is 2.51. The van der Waals surface area contributed by atoms with E-state index in [2.05, 4.69) is 15.9 Å². The zero-order valence-electron chi connectivity index (χ0n) is 31.7. The lowest BCUT2D eigenvalue weighted by Crippen LogP contribution is -2.61. The summed E-state index contributed by atoms with van der Waals surface area (Å²) in [4.78, 5) is 40.9. The number of ether oxygens (including phenoxy) is 8. The minimum atomic E-state index is -2.07. The maximum atomic E-state index is 13.9. The molecule has 0 radical (unpaired) electrons. The van der Waals surface area contributed by atoms with Crippen molar-refractivity contribution in [2.45, 2.75) is 87.2 Å². The van der Waals surface area contributed by atoms with Gasteiger partial charge in [0.05, 0.1) is 30.3 Å². The molecule has 0 saturated carbocycles. The van der Waals surface area contributed by atoms with E-state index in [1.807, 2.05) is 91.0 Å². The number of rotatable bonds is 18. The van der Waals surface area contributed by atoms with Crippen LogP contribution in [0.5, 0.6) is 0 Å². The predicted octanol–water partition coefficient (Wildman–Crippen LogP) is 4.23. The van der Waals surface area contributed by atoms with Crippen molar-refractivity contribution in [1.29, 1.82) is 0 Å². The molecule has 14 nitrogen and oxygen atoms in total. The SMILES string of the molecule is CO[C@H]1O[C@H](CO)[C@@H](OCc2ccccc2)[C@H](OCc2ccccc2)[C@@H]1OCCC[C@@]1(O)O[C@@H]([C@H](OC)C(=O)N2C(=O)OC[C@@H]2Cc2ccccc2)C(=O)C=C1Br. The number of amides is 2. The first-order valence-electron chi connectivity index (χ1n) is 18.8. The lowest BCUT2D eigenvalue weighted by Gasteiger charge is -2.45. The van der Waals surface area contributed by atoms with Gasteiger partial charge in [-0.15, -0.1) is 0 Å². The highest BCUT2D eigenvalue weighted by Crippen LogP contribution is 2.37. The van der Waals surface area contributed by atoms with Crippen LogP contribution in [0.2, 0.25) is 0 Å². The standard InChI is InChI=1S/C42H48BrNO13/c1-50-37(39(47)44-30(26-55-41(44)48)21-27-13-6-3-7-14-27)34-31(46)22-33(43)42(49,57-34)19-12-20-52-38-36(54-25-29-17-10-5-11-18-29)35(32(23-45)56-40(38)51-2)53-24-28-15-8-4-9-16-28/h3-11,13-18,22,30,32,34-38,40,45,49H,12,19-21,23-26H2,1-2H3/t30-,32+,34+,35+,36-,37-,38-,40-,42+/m0/s1. The lowest BCUT2D eigenvalue weighted by atomic mass is 9.97. The van der Waals surface area contributed by atoms with Gasteiger partial charge in [0, 0.05) is 27.2 Å². The monoisotopic (exact) mass is 853 g/mol. The van der Waals surface area contributed by atoms with Crippen LogP contribution in [0.15, 0.2) is 102 Å². The molecule has 0 unspecified atom stereocenters. The molecule has 0 aromatic heterocycles. The molecule has 3 aliphatic rings. The summed E-state index contributed by atoms with van der Waals surface area (Å²) < 4.78 is 47.8. The Morgan fingerprint density at radius 3 is 2.05 bits per heavy atom. The molecular formula is C42H48BrNO13. The van der Waals surface area contributed by atoms with Crippen LogP contribution in [0.1, 0.15) is 29.5 Å². The third-order valence-corrected chi connectivity index (χ3v) is 10.9. The number of carbonyl (C=O) groups is 3. The molecule has 3 aromatic rings. The number of aliphatic hydroxyl groups excluding tert-OH is 1. The third kappa shape index (κ3) is 10.4. The Morgan fingerprint density at radius 2 is 1.47 bits per heavy atom.